The number of fused-ring (bicyclic) bond motifs is 1. The first-order valence-electron chi connectivity index (χ1n) is 4.12. The summed E-state index contributed by atoms with van der Waals surface area (Å²) in [7, 11) is 0. The molecule has 5 heteroatoms. The fourth-order valence-electron chi connectivity index (χ4n) is 1.34. The number of nitrogens with zero attached hydrogens (tertiary/aromatic N) is 1. The summed E-state index contributed by atoms with van der Waals surface area (Å²) >= 11 is 4.64. The Morgan fingerprint density at radius 3 is 2.93 bits per heavy atom. The van der Waals surface area contributed by atoms with Gasteiger partial charge in [-0.2, -0.15) is 0 Å². The van der Waals surface area contributed by atoms with Crippen LogP contribution >= 0.6 is 27.3 Å². The molecule has 0 aliphatic heterocycles. The predicted octanol–water partition coefficient (Wildman–Crippen LogP) is 2.19. The van der Waals surface area contributed by atoms with Crippen LogP contribution < -0.4 is 4.87 Å². The van der Waals surface area contributed by atoms with Crippen LogP contribution in [0.15, 0.2) is 40.1 Å². The Balaban J connectivity index is 0.00000112. The van der Waals surface area contributed by atoms with Gasteiger partial charge in [-0.15, -0.1) is 6.58 Å². The molecule has 0 spiro atoms. The van der Waals surface area contributed by atoms with Crippen molar-refractivity contribution in [3.05, 3.63) is 45.0 Å². The van der Waals surface area contributed by atoms with E-state index in [9.17, 15) is 4.79 Å². The molecule has 1 aromatic heterocycles. The molecule has 0 aliphatic carbocycles. The van der Waals surface area contributed by atoms with Crippen LogP contribution in [0.3, 0.4) is 0 Å². The molecule has 3 nitrogen and oxygen atoms in total. The highest BCUT2D eigenvalue weighted by Gasteiger charge is 2.05. The number of rotatable bonds is 2. The maximum Gasteiger partial charge on any atom is 0.308 e. The van der Waals surface area contributed by atoms with Gasteiger partial charge in [0.15, 0.2) is 0 Å². The first-order chi connectivity index (χ1) is 6.72. The summed E-state index contributed by atoms with van der Waals surface area (Å²) < 4.78 is 3.72. The third kappa shape index (κ3) is 2.19. The standard InChI is InChI=1S/C10H8BrNOS.H2O/c1-2-5-12-8-4-3-7(11)6-9(8)14-10(12)13;/h2-4,6H,1,5H2;1H2. The van der Waals surface area contributed by atoms with Crippen LogP contribution in [0.1, 0.15) is 0 Å². The van der Waals surface area contributed by atoms with Gasteiger partial charge in [0, 0.05) is 11.0 Å². The van der Waals surface area contributed by atoms with Gasteiger partial charge in [0.2, 0.25) is 0 Å². The normalized spacial score (nSPS) is 9.93. The first-order valence-corrected chi connectivity index (χ1v) is 5.73. The van der Waals surface area contributed by atoms with Crippen LogP contribution in [0.25, 0.3) is 10.2 Å². The van der Waals surface area contributed by atoms with Crippen LogP contribution in [-0.2, 0) is 6.54 Å². The fourth-order valence-corrected chi connectivity index (χ4v) is 2.79. The van der Waals surface area contributed by atoms with Crippen LogP contribution in [-0.4, -0.2) is 10.0 Å². The van der Waals surface area contributed by atoms with Gasteiger partial charge in [0.1, 0.15) is 0 Å². The van der Waals surface area contributed by atoms with E-state index in [0.717, 1.165) is 14.7 Å². The smallest absolute Gasteiger partial charge is 0.308 e. The fraction of sp³-hybridized carbons (Fsp3) is 0.100. The molecule has 0 aliphatic rings. The van der Waals surface area contributed by atoms with Gasteiger partial charge in [-0.3, -0.25) is 9.36 Å². The summed E-state index contributed by atoms with van der Waals surface area (Å²) in [6.45, 7) is 4.21. The molecule has 0 atom stereocenters. The lowest BCUT2D eigenvalue weighted by atomic mass is 10.3. The zero-order valence-corrected chi connectivity index (χ0v) is 10.3. The van der Waals surface area contributed by atoms with E-state index in [1.165, 1.54) is 11.3 Å². The predicted molar refractivity (Wildman–Crippen MR) is 67.6 cm³/mol. The highest BCUT2D eigenvalue weighted by Crippen LogP contribution is 2.21. The molecule has 2 aromatic rings. The average molecular weight is 288 g/mol. The van der Waals surface area contributed by atoms with Crippen molar-refractivity contribution in [2.24, 2.45) is 0 Å². The van der Waals surface area contributed by atoms with Crippen molar-refractivity contribution < 1.29 is 5.48 Å². The molecule has 0 saturated heterocycles. The van der Waals surface area contributed by atoms with Crippen LogP contribution in [0, 0.1) is 0 Å². The highest BCUT2D eigenvalue weighted by atomic mass is 79.9. The number of hydrogen-bond acceptors (Lipinski definition) is 2. The molecule has 0 unspecified atom stereocenters. The third-order valence-electron chi connectivity index (χ3n) is 1.94. The first kappa shape index (κ1) is 12.2. The molecule has 0 saturated carbocycles. The molecule has 0 bridgehead atoms. The van der Waals surface area contributed by atoms with E-state index in [0.29, 0.717) is 6.54 Å². The minimum atomic E-state index is 0. The Morgan fingerprint density at radius 2 is 2.27 bits per heavy atom. The summed E-state index contributed by atoms with van der Waals surface area (Å²) in [5.74, 6) is 0. The summed E-state index contributed by atoms with van der Waals surface area (Å²) in [6, 6.07) is 5.84. The summed E-state index contributed by atoms with van der Waals surface area (Å²) in [4.78, 5) is 11.6. The lowest BCUT2D eigenvalue weighted by Crippen LogP contribution is -2.10. The minimum absolute atomic E-state index is 0. The second-order valence-corrected chi connectivity index (χ2v) is 4.79. The Bertz CT molecular complexity index is 544. The zero-order chi connectivity index (χ0) is 10.1. The van der Waals surface area contributed by atoms with Gasteiger partial charge in [0.05, 0.1) is 10.2 Å². The summed E-state index contributed by atoms with van der Waals surface area (Å²) in [5.41, 5.74) is 0.975. The van der Waals surface area contributed by atoms with Crippen molar-refractivity contribution in [1.29, 1.82) is 0 Å². The second kappa shape index (κ2) is 4.74. The Hall–Kier alpha value is -0.910. The Kier molecular flexibility index (Phi) is 3.84. The van der Waals surface area contributed by atoms with E-state index in [4.69, 9.17) is 0 Å². The number of hydrogen-bond donors (Lipinski definition) is 0. The van der Waals surface area contributed by atoms with E-state index in [-0.39, 0.29) is 10.3 Å². The van der Waals surface area contributed by atoms with Crippen molar-refractivity contribution in [2.45, 2.75) is 6.54 Å². The molecule has 0 amide bonds. The van der Waals surface area contributed by atoms with Crippen LogP contribution in [0.2, 0.25) is 0 Å². The Morgan fingerprint density at radius 1 is 1.53 bits per heavy atom. The minimum Gasteiger partial charge on any atom is -0.412 e. The largest absolute Gasteiger partial charge is 0.412 e. The van der Waals surface area contributed by atoms with Gasteiger partial charge in [-0.1, -0.05) is 33.3 Å². The third-order valence-corrected chi connectivity index (χ3v) is 3.38. The van der Waals surface area contributed by atoms with E-state index < -0.39 is 0 Å². The van der Waals surface area contributed by atoms with Gasteiger partial charge in [-0.05, 0) is 18.2 Å². The lowest BCUT2D eigenvalue weighted by Gasteiger charge is -1.98. The maximum atomic E-state index is 11.6. The van der Waals surface area contributed by atoms with Crippen LogP contribution in [0.4, 0.5) is 0 Å². The topological polar surface area (TPSA) is 53.5 Å². The summed E-state index contributed by atoms with van der Waals surface area (Å²) in [6.07, 6.45) is 1.73. The van der Waals surface area contributed by atoms with Crippen molar-refractivity contribution in [2.75, 3.05) is 0 Å². The average Bonchev–Trinajstić information content (AvgIpc) is 2.43. The second-order valence-electron chi connectivity index (χ2n) is 2.88. The number of aromatic nitrogens is 1. The molecule has 2 rings (SSSR count). The van der Waals surface area contributed by atoms with Crippen molar-refractivity contribution in [3.63, 3.8) is 0 Å². The number of allylic oxidation sites excluding steroid dienone is 1. The monoisotopic (exact) mass is 287 g/mol. The SMILES string of the molecule is C=CCn1c(=O)sc2cc(Br)ccc21.O. The molecule has 1 heterocycles. The van der Waals surface area contributed by atoms with E-state index in [1.807, 2.05) is 18.2 Å². The van der Waals surface area contributed by atoms with Crippen molar-refractivity contribution >= 4 is 37.5 Å². The summed E-state index contributed by atoms with van der Waals surface area (Å²) in [5, 5.41) is 0. The number of thiazole rings is 1. The molecule has 2 N–H and O–H groups in total. The van der Waals surface area contributed by atoms with Gasteiger partial charge in [0.25, 0.3) is 0 Å². The van der Waals surface area contributed by atoms with Gasteiger partial charge < -0.3 is 5.48 Å². The van der Waals surface area contributed by atoms with E-state index in [1.54, 1.807) is 10.6 Å². The van der Waals surface area contributed by atoms with Crippen molar-refractivity contribution in [3.8, 4) is 0 Å². The zero-order valence-electron chi connectivity index (χ0n) is 7.87. The molecule has 15 heavy (non-hydrogen) atoms. The molecule has 0 radical (unpaired) electrons. The number of halogens is 1. The van der Waals surface area contributed by atoms with E-state index >= 15 is 0 Å². The number of benzene rings is 1. The molecular weight excluding hydrogens is 278 g/mol. The quantitative estimate of drug-likeness (QED) is 0.781. The molecular formula is C10H10BrNO2S. The van der Waals surface area contributed by atoms with Gasteiger partial charge >= 0.3 is 4.87 Å². The highest BCUT2D eigenvalue weighted by molar-refractivity contribution is 9.10. The van der Waals surface area contributed by atoms with Crippen LogP contribution in [0.5, 0.6) is 0 Å². The van der Waals surface area contributed by atoms with E-state index in [2.05, 4.69) is 22.5 Å². The molecule has 0 fully saturated rings. The molecule has 80 valence electrons. The van der Waals surface area contributed by atoms with Gasteiger partial charge in [-0.25, -0.2) is 0 Å². The van der Waals surface area contributed by atoms with Crippen molar-refractivity contribution in [1.82, 2.24) is 4.57 Å². The Labute approximate surface area is 99.1 Å². The molecule has 1 aromatic carbocycles. The maximum absolute atomic E-state index is 11.6. The lowest BCUT2D eigenvalue weighted by molar-refractivity contribution is 0.824.